The number of fused-ring (bicyclic) bond motifs is 1. The standard InChI is InChI=1S/C24H26FN5O2/c1-24(15-2-10-19(11-3-15)32-20-12-4-16(25)5-13-20)21-22(26)27-14-28-23(21)30(29-24)17-6-8-18(31)9-7-17/h2-5,10-14,17-18,29,31H,6-9H2,1H3,(H2,26,27,28)/t17-,18+,24?. The second-order valence-corrected chi connectivity index (χ2v) is 8.61. The molecule has 1 atom stereocenters. The van der Waals surface area contributed by atoms with Gasteiger partial charge in [0, 0.05) is 6.04 Å². The molecular formula is C24H26FN5O2. The van der Waals surface area contributed by atoms with Gasteiger partial charge in [-0.1, -0.05) is 12.1 Å². The van der Waals surface area contributed by atoms with Gasteiger partial charge in [-0.2, -0.15) is 0 Å². The summed E-state index contributed by atoms with van der Waals surface area (Å²) in [7, 11) is 0. The van der Waals surface area contributed by atoms with E-state index in [2.05, 4.69) is 27.3 Å². The number of ether oxygens (including phenoxy) is 1. The lowest BCUT2D eigenvalue weighted by atomic mass is 9.86. The highest BCUT2D eigenvalue weighted by molar-refractivity contribution is 5.67. The van der Waals surface area contributed by atoms with Gasteiger partial charge in [0.25, 0.3) is 0 Å². The van der Waals surface area contributed by atoms with Crippen LogP contribution in [0.1, 0.15) is 43.7 Å². The third kappa shape index (κ3) is 3.65. The quantitative estimate of drug-likeness (QED) is 0.572. The normalized spacial score (nSPS) is 24.9. The molecule has 1 fully saturated rings. The minimum absolute atomic E-state index is 0.217. The fourth-order valence-corrected chi connectivity index (χ4v) is 4.69. The number of aliphatic hydroxyl groups is 1. The van der Waals surface area contributed by atoms with Gasteiger partial charge in [0.1, 0.15) is 29.5 Å². The first-order valence-corrected chi connectivity index (χ1v) is 10.8. The molecule has 0 saturated heterocycles. The third-order valence-corrected chi connectivity index (χ3v) is 6.44. The number of aliphatic hydroxyl groups excluding tert-OH is 1. The number of hydrogen-bond donors (Lipinski definition) is 3. The number of nitrogens with one attached hydrogen (secondary N) is 1. The minimum Gasteiger partial charge on any atom is -0.457 e. The van der Waals surface area contributed by atoms with Crippen molar-refractivity contribution in [2.75, 3.05) is 10.7 Å². The maximum Gasteiger partial charge on any atom is 0.154 e. The SMILES string of the molecule is CC1(c2ccc(Oc3ccc(F)cc3)cc2)NN([C@H]2CC[C@@H](O)CC2)c2ncnc(N)c21. The minimum atomic E-state index is -0.620. The fraction of sp³-hybridized carbons (Fsp3) is 0.333. The van der Waals surface area contributed by atoms with Crippen molar-refractivity contribution in [3.8, 4) is 11.5 Å². The maximum atomic E-state index is 13.1. The van der Waals surface area contributed by atoms with Crippen molar-refractivity contribution in [1.82, 2.24) is 15.4 Å². The summed E-state index contributed by atoms with van der Waals surface area (Å²) < 4.78 is 19.0. The van der Waals surface area contributed by atoms with Gasteiger partial charge in [-0.05, 0) is 74.6 Å². The first-order valence-electron chi connectivity index (χ1n) is 10.8. The molecule has 1 unspecified atom stereocenters. The summed E-state index contributed by atoms with van der Waals surface area (Å²) in [5.74, 6) is 2.14. The summed E-state index contributed by atoms with van der Waals surface area (Å²) in [6.07, 6.45) is 4.54. The lowest BCUT2D eigenvalue weighted by molar-refractivity contribution is 0.119. The van der Waals surface area contributed by atoms with E-state index in [1.54, 1.807) is 12.1 Å². The number of nitrogens with two attached hydrogens (primary N) is 1. The molecule has 0 amide bonds. The number of hydrogen-bond acceptors (Lipinski definition) is 7. The molecule has 0 bridgehead atoms. The average Bonchev–Trinajstić information content (AvgIpc) is 3.11. The van der Waals surface area contributed by atoms with E-state index >= 15 is 0 Å². The molecule has 2 aliphatic rings. The summed E-state index contributed by atoms with van der Waals surface area (Å²) in [4.78, 5) is 8.80. The summed E-state index contributed by atoms with van der Waals surface area (Å²) in [5, 5.41) is 12.0. The van der Waals surface area contributed by atoms with Gasteiger partial charge < -0.3 is 15.6 Å². The van der Waals surface area contributed by atoms with Crippen LogP contribution < -0.4 is 20.9 Å². The van der Waals surface area contributed by atoms with Crippen LogP contribution in [0.15, 0.2) is 54.9 Å². The predicted molar refractivity (Wildman–Crippen MR) is 120 cm³/mol. The highest BCUT2D eigenvalue weighted by Gasteiger charge is 2.45. The van der Waals surface area contributed by atoms with Gasteiger partial charge in [0.2, 0.25) is 0 Å². The summed E-state index contributed by atoms with van der Waals surface area (Å²) in [5.41, 5.74) is 11.2. The molecular weight excluding hydrogens is 409 g/mol. The topological polar surface area (TPSA) is 96.5 Å². The van der Waals surface area contributed by atoms with Crippen LogP contribution in [0.3, 0.4) is 0 Å². The Labute approximate surface area is 186 Å². The van der Waals surface area contributed by atoms with Crippen LogP contribution in [0.4, 0.5) is 16.0 Å². The largest absolute Gasteiger partial charge is 0.457 e. The summed E-state index contributed by atoms with van der Waals surface area (Å²) in [6.45, 7) is 2.07. The number of anilines is 2. The van der Waals surface area contributed by atoms with Crippen LogP contribution >= 0.6 is 0 Å². The Hall–Kier alpha value is -3.23. The van der Waals surface area contributed by atoms with Gasteiger partial charge in [-0.25, -0.2) is 19.8 Å². The number of nitrogens with zero attached hydrogens (tertiary/aromatic N) is 3. The predicted octanol–water partition coefficient (Wildman–Crippen LogP) is 3.88. The Balaban J connectivity index is 1.44. The van der Waals surface area contributed by atoms with Gasteiger partial charge in [-0.15, -0.1) is 0 Å². The molecule has 1 aromatic heterocycles. The Bertz CT molecular complexity index is 1100. The van der Waals surface area contributed by atoms with Crippen LogP contribution in [0.2, 0.25) is 0 Å². The van der Waals surface area contributed by atoms with Gasteiger partial charge in [-0.3, -0.25) is 5.01 Å². The number of hydrazine groups is 1. The van der Waals surface area contributed by atoms with Crippen LogP contribution in [0, 0.1) is 5.82 Å². The zero-order valence-corrected chi connectivity index (χ0v) is 17.8. The van der Waals surface area contributed by atoms with E-state index in [1.807, 2.05) is 24.3 Å². The van der Waals surface area contributed by atoms with Crippen LogP contribution in [-0.4, -0.2) is 27.2 Å². The Morgan fingerprint density at radius 3 is 2.31 bits per heavy atom. The van der Waals surface area contributed by atoms with Crippen molar-refractivity contribution in [3.63, 3.8) is 0 Å². The molecule has 1 aliphatic carbocycles. The summed E-state index contributed by atoms with van der Waals surface area (Å²) in [6, 6.07) is 13.9. The fourth-order valence-electron chi connectivity index (χ4n) is 4.69. The van der Waals surface area contributed by atoms with Crippen molar-refractivity contribution >= 4 is 11.6 Å². The molecule has 166 valence electrons. The molecule has 1 saturated carbocycles. The first-order chi connectivity index (χ1) is 15.4. The van der Waals surface area contributed by atoms with Crippen LogP contribution in [0.25, 0.3) is 0 Å². The van der Waals surface area contributed by atoms with E-state index in [1.165, 1.54) is 18.5 Å². The molecule has 2 heterocycles. The van der Waals surface area contributed by atoms with Crippen molar-refractivity contribution in [2.45, 2.75) is 50.3 Å². The second kappa shape index (κ2) is 8.03. The van der Waals surface area contributed by atoms with E-state index in [0.717, 1.165) is 42.6 Å². The molecule has 5 rings (SSSR count). The van der Waals surface area contributed by atoms with Crippen molar-refractivity contribution in [1.29, 1.82) is 0 Å². The molecule has 3 aromatic rings. The molecule has 8 heteroatoms. The molecule has 0 radical (unpaired) electrons. The van der Waals surface area contributed by atoms with E-state index < -0.39 is 5.54 Å². The monoisotopic (exact) mass is 435 g/mol. The molecule has 32 heavy (non-hydrogen) atoms. The van der Waals surface area contributed by atoms with Crippen molar-refractivity contribution in [3.05, 3.63) is 71.8 Å². The van der Waals surface area contributed by atoms with E-state index in [-0.39, 0.29) is 18.0 Å². The Morgan fingerprint density at radius 2 is 1.66 bits per heavy atom. The van der Waals surface area contributed by atoms with Gasteiger partial charge in [0.15, 0.2) is 5.82 Å². The Morgan fingerprint density at radius 1 is 1.03 bits per heavy atom. The number of benzene rings is 2. The zero-order chi connectivity index (χ0) is 22.3. The van der Waals surface area contributed by atoms with E-state index in [0.29, 0.717) is 17.3 Å². The third-order valence-electron chi connectivity index (χ3n) is 6.44. The Kier molecular flexibility index (Phi) is 5.19. The van der Waals surface area contributed by atoms with Crippen LogP contribution in [0.5, 0.6) is 11.5 Å². The smallest absolute Gasteiger partial charge is 0.154 e. The number of aromatic nitrogens is 2. The molecule has 2 aromatic carbocycles. The highest BCUT2D eigenvalue weighted by atomic mass is 19.1. The molecule has 4 N–H and O–H groups in total. The highest BCUT2D eigenvalue weighted by Crippen LogP contribution is 2.45. The molecule has 1 aliphatic heterocycles. The van der Waals surface area contributed by atoms with Crippen molar-refractivity contribution < 1.29 is 14.2 Å². The second-order valence-electron chi connectivity index (χ2n) is 8.61. The van der Waals surface area contributed by atoms with E-state index in [4.69, 9.17) is 10.5 Å². The average molecular weight is 436 g/mol. The number of nitrogen functional groups attached to an aromatic ring is 1. The number of halogens is 1. The first kappa shape index (κ1) is 20.7. The van der Waals surface area contributed by atoms with Gasteiger partial charge in [0.05, 0.1) is 17.2 Å². The van der Waals surface area contributed by atoms with Crippen LogP contribution in [-0.2, 0) is 5.54 Å². The lowest BCUT2D eigenvalue weighted by Crippen LogP contribution is -2.51. The molecule has 7 nitrogen and oxygen atoms in total. The van der Waals surface area contributed by atoms with Gasteiger partial charge >= 0.3 is 0 Å². The number of rotatable bonds is 4. The maximum absolute atomic E-state index is 13.1. The summed E-state index contributed by atoms with van der Waals surface area (Å²) >= 11 is 0. The van der Waals surface area contributed by atoms with Crippen molar-refractivity contribution in [2.24, 2.45) is 0 Å². The lowest BCUT2D eigenvalue weighted by Gasteiger charge is -2.36. The van der Waals surface area contributed by atoms with E-state index in [9.17, 15) is 9.50 Å². The molecule has 0 spiro atoms. The zero-order valence-electron chi connectivity index (χ0n) is 17.8.